The summed E-state index contributed by atoms with van der Waals surface area (Å²) < 4.78 is 18.9. The maximum atomic E-state index is 6.82. The van der Waals surface area contributed by atoms with Crippen LogP contribution in [-0.2, 0) is 11.3 Å². The highest BCUT2D eigenvalue weighted by Crippen LogP contribution is 2.54. The van der Waals surface area contributed by atoms with Gasteiger partial charge in [0.2, 0.25) is 5.88 Å². The zero-order valence-corrected chi connectivity index (χ0v) is 27.5. The standard InChI is InChI=1S/C37H38Cl2N4O3/c38-30-22-40-23-31(39)32(30)33-29(34(46-42-33)27-5-6-27)24-45-37-13-10-36(11-14-37,12-15-37)9-7-25-3-4-26-8-16-41-35(28(26)21-25)44-20-19-43-17-1-2-18-43/h3-4,8,16,21-23,27H,1-2,5-6,10-15,17-20,24H2. The number of nitrogens with zero attached hydrogens (tertiary/aromatic N) is 4. The lowest BCUT2D eigenvalue weighted by molar-refractivity contribution is -0.131. The molecule has 0 spiro atoms. The molecular formula is C37H38Cl2N4O3. The van der Waals surface area contributed by atoms with Crippen molar-refractivity contribution in [3.05, 3.63) is 69.8 Å². The van der Waals surface area contributed by atoms with E-state index >= 15 is 0 Å². The molecule has 0 radical (unpaired) electrons. The second kappa shape index (κ2) is 12.5. The first-order valence-corrected chi connectivity index (χ1v) is 17.4. The van der Waals surface area contributed by atoms with Gasteiger partial charge in [-0.2, -0.15) is 0 Å². The van der Waals surface area contributed by atoms with E-state index in [0.29, 0.717) is 46.3 Å². The second-order valence-corrected chi connectivity index (χ2v) is 14.4. The third-order valence-electron chi connectivity index (χ3n) is 10.6. The molecule has 5 fully saturated rings. The van der Waals surface area contributed by atoms with Gasteiger partial charge in [0, 0.05) is 58.5 Å². The number of pyridine rings is 2. The van der Waals surface area contributed by atoms with Crippen LogP contribution in [0.2, 0.25) is 10.0 Å². The van der Waals surface area contributed by atoms with Crippen molar-refractivity contribution >= 4 is 34.0 Å². The average molecular weight is 658 g/mol. The van der Waals surface area contributed by atoms with Crippen molar-refractivity contribution in [2.75, 3.05) is 26.2 Å². The molecule has 7 nitrogen and oxygen atoms in total. The molecule has 4 heterocycles. The number of benzene rings is 1. The third kappa shape index (κ3) is 6.02. The van der Waals surface area contributed by atoms with Crippen LogP contribution >= 0.6 is 23.2 Å². The highest BCUT2D eigenvalue weighted by atomic mass is 35.5. The molecule has 1 saturated heterocycles. The number of aromatic nitrogens is 3. The van der Waals surface area contributed by atoms with Crippen molar-refractivity contribution < 1.29 is 14.0 Å². The predicted molar refractivity (Wildman–Crippen MR) is 179 cm³/mol. The van der Waals surface area contributed by atoms with Crippen molar-refractivity contribution in [3.8, 4) is 29.0 Å². The van der Waals surface area contributed by atoms with E-state index in [9.17, 15) is 0 Å². The number of halogens is 2. The van der Waals surface area contributed by atoms with Crippen LogP contribution in [0.1, 0.15) is 87.0 Å². The topological polar surface area (TPSA) is 73.5 Å². The van der Waals surface area contributed by atoms with Crippen molar-refractivity contribution in [3.63, 3.8) is 0 Å². The van der Waals surface area contributed by atoms with E-state index in [-0.39, 0.29) is 11.0 Å². The maximum Gasteiger partial charge on any atom is 0.221 e. The molecule has 0 atom stereocenters. The Bertz CT molecular complexity index is 1770. The Morgan fingerprint density at radius 2 is 1.74 bits per heavy atom. The molecule has 4 aliphatic carbocycles. The molecule has 1 aliphatic heterocycles. The van der Waals surface area contributed by atoms with Gasteiger partial charge in [0.05, 0.1) is 22.3 Å². The summed E-state index contributed by atoms with van der Waals surface area (Å²) in [5.41, 5.74) is 3.20. The summed E-state index contributed by atoms with van der Waals surface area (Å²) in [6.45, 7) is 4.37. The summed E-state index contributed by atoms with van der Waals surface area (Å²) in [6, 6.07) is 8.44. The molecule has 4 saturated carbocycles. The molecule has 9 heteroatoms. The Kier molecular flexibility index (Phi) is 8.18. The van der Waals surface area contributed by atoms with Gasteiger partial charge in [0.15, 0.2) is 0 Å². The van der Waals surface area contributed by atoms with Gasteiger partial charge in [-0.3, -0.25) is 9.88 Å². The Hall–Kier alpha value is -3.15. The number of ether oxygens (including phenoxy) is 2. The SMILES string of the molecule is Clc1cncc(Cl)c1-c1noc(C2CC2)c1COC12CCC(C#Cc3ccc4ccnc(OCCN5CCCC5)c4c3)(CC1)CC2. The van der Waals surface area contributed by atoms with E-state index in [0.717, 1.165) is 85.6 Å². The van der Waals surface area contributed by atoms with Crippen molar-refractivity contribution in [2.24, 2.45) is 5.41 Å². The summed E-state index contributed by atoms with van der Waals surface area (Å²) in [5, 5.41) is 7.51. The predicted octanol–water partition coefficient (Wildman–Crippen LogP) is 8.60. The molecule has 1 aromatic carbocycles. The van der Waals surface area contributed by atoms with Gasteiger partial charge in [0.25, 0.3) is 0 Å². The Morgan fingerprint density at radius 1 is 0.978 bits per heavy atom. The van der Waals surface area contributed by atoms with E-state index < -0.39 is 0 Å². The summed E-state index contributed by atoms with van der Waals surface area (Å²) in [4.78, 5) is 11.1. The summed E-state index contributed by atoms with van der Waals surface area (Å²) >= 11 is 13.1. The normalized spacial score (nSPS) is 24.3. The highest BCUT2D eigenvalue weighted by Gasteiger charge is 2.49. The van der Waals surface area contributed by atoms with Crippen molar-refractivity contribution in [1.29, 1.82) is 0 Å². The van der Waals surface area contributed by atoms with Crippen LogP contribution in [0.3, 0.4) is 0 Å². The number of fused-ring (bicyclic) bond motifs is 4. The lowest BCUT2D eigenvalue weighted by Gasteiger charge is -2.51. The first-order valence-electron chi connectivity index (χ1n) is 16.7. The van der Waals surface area contributed by atoms with Crippen molar-refractivity contribution in [2.45, 2.75) is 82.3 Å². The van der Waals surface area contributed by atoms with Crippen LogP contribution in [0, 0.1) is 17.3 Å². The minimum Gasteiger partial charge on any atom is -0.476 e. The minimum absolute atomic E-state index is 0.0314. The van der Waals surface area contributed by atoms with Gasteiger partial charge in [0.1, 0.15) is 18.1 Å². The monoisotopic (exact) mass is 656 g/mol. The molecule has 3 aromatic heterocycles. The molecule has 238 valence electrons. The lowest BCUT2D eigenvalue weighted by atomic mass is 9.59. The summed E-state index contributed by atoms with van der Waals surface area (Å²) in [6.07, 6.45) is 15.9. The molecule has 4 aromatic rings. The molecule has 0 amide bonds. The Labute approximate surface area is 280 Å². The van der Waals surface area contributed by atoms with Gasteiger partial charge in [-0.25, -0.2) is 4.98 Å². The largest absolute Gasteiger partial charge is 0.476 e. The van der Waals surface area contributed by atoms with Crippen LogP contribution in [0.4, 0.5) is 0 Å². The number of hydrogen-bond acceptors (Lipinski definition) is 7. The lowest BCUT2D eigenvalue weighted by Crippen LogP contribution is -2.47. The third-order valence-corrected chi connectivity index (χ3v) is 11.2. The van der Waals surface area contributed by atoms with E-state index in [1.165, 1.54) is 25.9 Å². The zero-order chi connectivity index (χ0) is 31.1. The minimum atomic E-state index is -0.152. The Balaban J connectivity index is 0.948. The highest BCUT2D eigenvalue weighted by molar-refractivity contribution is 6.38. The van der Waals surface area contributed by atoms with E-state index in [1.807, 2.05) is 12.3 Å². The zero-order valence-electron chi connectivity index (χ0n) is 26.0. The van der Waals surface area contributed by atoms with E-state index in [1.54, 1.807) is 12.4 Å². The Morgan fingerprint density at radius 3 is 2.48 bits per heavy atom. The molecule has 46 heavy (non-hydrogen) atoms. The van der Waals surface area contributed by atoms with Gasteiger partial charge in [-0.1, -0.05) is 46.3 Å². The number of likely N-dealkylation sites (tertiary alicyclic amines) is 1. The summed E-state index contributed by atoms with van der Waals surface area (Å²) in [5.74, 6) is 9.28. The molecule has 9 rings (SSSR count). The van der Waals surface area contributed by atoms with Crippen LogP contribution < -0.4 is 4.74 Å². The second-order valence-electron chi connectivity index (χ2n) is 13.6. The van der Waals surface area contributed by atoms with Crippen LogP contribution in [0.15, 0.2) is 47.4 Å². The molecule has 5 aliphatic rings. The quantitative estimate of drug-likeness (QED) is 0.167. The van der Waals surface area contributed by atoms with Gasteiger partial charge in [-0.05, 0) is 101 Å². The molecule has 0 N–H and O–H groups in total. The molecule has 2 bridgehead atoms. The fourth-order valence-corrected chi connectivity index (χ4v) is 8.10. The number of rotatable bonds is 9. The maximum absolute atomic E-state index is 6.82. The summed E-state index contributed by atoms with van der Waals surface area (Å²) in [7, 11) is 0. The fourth-order valence-electron chi connectivity index (χ4n) is 7.56. The van der Waals surface area contributed by atoms with Gasteiger partial charge in [-0.15, -0.1) is 0 Å². The fraction of sp³-hybridized carbons (Fsp3) is 0.486. The van der Waals surface area contributed by atoms with E-state index in [2.05, 4.69) is 50.1 Å². The average Bonchev–Trinajstić information content (AvgIpc) is 3.63. The number of hydrogen-bond donors (Lipinski definition) is 0. The molecular weight excluding hydrogens is 619 g/mol. The van der Waals surface area contributed by atoms with E-state index in [4.69, 9.17) is 37.2 Å². The van der Waals surface area contributed by atoms with Crippen molar-refractivity contribution in [1.82, 2.24) is 20.0 Å². The van der Waals surface area contributed by atoms with Gasteiger partial charge >= 0.3 is 0 Å². The first-order chi connectivity index (χ1) is 22.5. The smallest absolute Gasteiger partial charge is 0.221 e. The first kappa shape index (κ1) is 30.2. The molecule has 0 unspecified atom stereocenters. The van der Waals surface area contributed by atoms with Crippen LogP contribution in [0.5, 0.6) is 5.88 Å². The van der Waals surface area contributed by atoms with Crippen LogP contribution in [0.25, 0.3) is 22.0 Å². The van der Waals surface area contributed by atoms with Crippen LogP contribution in [-0.4, -0.2) is 51.9 Å². The van der Waals surface area contributed by atoms with Gasteiger partial charge < -0.3 is 14.0 Å².